The minimum Gasteiger partial charge on any atom is -0.313 e. The van der Waals surface area contributed by atoms with E-state index in [4.69, 9.17) is 0 Å². The molecule has 0 aliphatic rings. The first kappa shape index (κ1) is 12.6. The van der Waals surface area contributed by atoms with E-state index in [-0.39, 0.29) is 0 Å². The molecule has 0 aliphatic heterocycles. The van der Waals surface area contributed by atoms with E-state index >= 15 is 0 Å². The summed E-state index contributed by atoms with van der Waals surface area (Å²) in [4.78, 5) is 0. The van der Waals surface area contributed by atoms with Crippen LogP contribution in [0.1, 0.15) is 24.9 Å². The van der Waals surface area contributed by atoms with Crippen molar-refractivity contribution in [2.24, 2.45) is 0 Å². The quantitative estimate of drug-likeness (QED) is 0.866. The van der Waals surface area contributed by atoms with Gasteiger partial charge < -0.3 is 5.32 Å². The van der Waals surface area contributed by atoms with Crippen LogP contribution >= 0.6 is 22.6 Å². The Balaban J connectivity index is 2.34. The molecule has 0 aliphatic carbocycles. The highest BCUT2D eigenvalue weighted by Gasteiger charge is 2.07. The van der Waals surface area contributed by atoms with Crippen molar-refractivity contribution in [3.63, 3.8) is 0 Å². The van der Waals surface area contributed by atoms with Gasteiger partial charge in [0.05, 0.1) is 15.5 Å². The van der Waals surface area contributed by atoms with Gasteiger partial charge in [0.1, 0.15) is 0 Å². The highest BCUT2D eigenvalue weighted by atomic mass is 127. The average molecular weight is 341 g/mol. The van der Waals surface area contributed by atoms with Crippen LogP contribution in [-0.4, -0.2) is 16.8 Å². The zero-order valence-electron chi connectivity index (χ0n) is 10.0. The number of benzene rings is 1. The van der Waals surface area contributed by atoms with Crippen molar-refractivity contribution < 1.29 is 0 Å². The molecular formula is C13H16IN3. The smallest absolute Gasteiger partial charge is 0.0649 e. The topological polar surface area (TPSA) is 29.9 Å². The fraction of sp³-hybridized carbons (Fsp3) is 0.308. The summed E-state index contributed by atoms with van der Waals surface area (Å²) in [7, 11) is 2.00. The highest BCUT2D eigenvalue weighted by Crippen LogP contribution is 2.19. The second kappa shape index (κ2) is 5.64. The van der Waals surface area contributed by atoms with Crippen LogP contribution in [0.25, 0.3) is 5.69 Å². The van der Waals surface area contributed by atoms with Gasteiger partial charge in [-0.15, -0.1) is 0 Å². The third-order valence-electron chi connectivity index (χ3n) is 2.84. The van der Waals surface area contributed by atoms with Crippen molar-refractivity contribution in [3.8, 4) is 5.69 Å². The highest BCUT2D eigenvalue weighted by molar-refractivity contribution is 14.1. The van der Waals surface area contributed by atoms with Crippen LogP contribution in [0.3, 0.4) is 0 Å². The van der Waals surface area contributed by atoms with Gasteiger partial charge in [-0.2, -0.15) is 5.10 Å². The van der Waals surface area contributed by atoms with Gasteiger partial charge in [0.15, 0.2) is 0 Å². The lowest BCUT2D eigenvalue weighted by atomic mass is 10.0. The summed E-state index contributed by atoms with van der Waals surface area (Å²) in [5, 5.41) is 7.65. The van der Waals surface area contributed by atoms with E-state index in [1.54, 1.807) is 0 Å². The van der Waals surface area contributed by atoms with Gasteiger partial charge in [-0.25, -0.2) is 4.68 Å². The number of hydrogen-bond donors (Lipinski definition) is 1. The molecule has 2 rings (SSSR count). The molecule has 0 saturated heterocycles. The molecule has 1 N–H and O–H groups in total. The lowest BCUT2D eigenvalue weighted by molar-refractivity contribution is 0.576. The molecule has 4 heteroatoms. The van der Waals surface area contributed by atoms with Crippen LogP contribution in [-0.2, 0) is 0 Å². The standard InChI is InChI=1S/C13H16IN3/c1-3-13(15-2)10-5-4-6-12(7-10)17-9-11(14)8-16-17/h4-9,13,15H,3H2,1-2H3. The molecule has 0 bridgehead atoms. The molecule has 0 radical (unpaired) electrons. The Morgan fingerprint density at radius 1 is 1.47 bits per heavy atom. The Morgan fingerprint density at radius 2 is 2.29 bits per heavy atom. The third kappa shape index (κ3) is 2.87. The fourth-order valence-corrected chi connectivity index (χ4v) is 2.32. The molecule has 2 aromatic rings. The van der Waals surface area contributed by atoms with E-state index in [0.29, 0.717) is 6.04 Å². The second-order valence-corrected chi connectivity index (χ2v) is 5.19. The normalized spacial score (nSPS) is 12.6. The molecule has 1 aromatic heterocycles. The van der Waals surface area contributed by atoms with Crippen molar-refractivity contribution >= 4 is 22.6 Å². The number of halogens is 1. The minimum atomic E-state index is 0.407. The minimum absolute atomic E-state index is 0.407. The van der Waals surface area contributed by atoms with Crippen LogP contribution < -0.4 is 5.32 Å². The summed E-state index contributed by atoms with van der Waals surface area (Å²) in [6.45, 7) is 2.19. The van der Waals surface area contributed by atoms with E-state index in [9.17, 15) is 0 Å². The molecule has 1 atom stereocenters. The second-order valence-electron chi connectivity index (χ2n) is 3.95. The lowest BCUT2D eigenvalue weighted by Gasteiger charge is -2.15. The van der Waals surface area contributed by atoms with Gasteiger partial charge in [0, 0.05) is 12.2 Å². The van der Waals surface area contributed by atoms with E-state index < -0.39 is 0 Å². The number of rotatable bonds is 4. The average Bonchev–Trinajstić information content (AvgIpc) is 2.78. The van der Waals surface area contributed by atoms with Crippen molar-refractivity contribution in [1.82, 2.24) is 15.1 Å². The maximum atomic E-state index is 4.33. The maximum absolute atomic E-state index is 4.33. The van der Waals surface area contributed by atoms with Gasteiger partial charge in [-0.1, -0.05) is 19.1 Å². The first-order valence-corrected chi connectivity index (χ1v) is 6.80. The molecular weight excluding hydrogens is 325 g/mol. The van der Waals surface area contributed by atoms with Gasteiger partial charge in [0.25, 0.3) is 0 Å². The first-order chi connectivity index (χ1) is 8.24. The number of nitrogens with zero attached hydrogens (tertiary/aromatic N) is 2. The van der Waals surface area contributed by atoms with E-state index in [1.807, 2.05) is 24.1 Å². The maximum Gasteiger partial charge on any atom is 0.0649 e. The molecule has 1 unspecified atom stereocenters. The summed E-state index contributed by atoms with van der Waals surface area (Å²) in [6, 6.07) is 8.91. The van der Waals surface area contributed by atoms with Crippen LogP contribution in [0.2, 0.25) is 0 Å². The lowest BCUT2D eigenvalue weighted by Crippen LogP contribution is -2.15. The summed E-state index contributed by atoms with van der Waals surface area (Å²) in [5.74, 6) is 0. The SMILES string of the molecule is CCC(NC)c1cccc(-n2cc(I)cn2)c1. The van der Waals surface area contributed by atoms with E-state index in [0.717, 1.165) is 15.7 Å². The molecule has 3 nitrogen and oxygen atoms in total. The van der Waals surface area contributed by atoms with Crippen molar-refractivity contribution in [2.75, 3.05) is 7.05 Å². The molecule has 0 saturated carbocycles. The van der Waals surface area contributed by atoms with Crippen molar-refractivity contribution in [2.45, 2.75) is 19.4 Å². The van der Waals surface area contributed by atoms with Crippen LogP contribution in [0.4, 0.5) is 0 Å². The van der Waals surface area contributed by atoms with Crippen LogP contribution in [0.5, 0.6) is 0 Å². The summed E-state index contributed by atoms with van der Waals surface area (Å²) in [6.07, 6.45) is 4.97. The Bertz CT molecular complexity index is 489. The summed E-state index contributed by atoms with van der Waals surface area (Å²) >= 11 is 2.27. The van der Waals surface area contributed by atoms with Gasteiger partial charge >= 0.3 is 0 Å². The number of aromatic nitrogens is 2. The van der Waals surface area contributed by atoms with Gasteiger partial charge in [0.2, 0.25) is 0 Å². The predicted molar refractivity (Wildman–Crippen MR) is 78.4 cm³/mol. The van der Waals surface area contributed by atoms with E-state index in [1.165, 1.54) is 5.56 Å². The Kier molecular flexibility index (Phi) is 4.17. The molecule has 1 aromatic carbocycles. The predicted octanol–water partition coefficient (Wildman–Crippen LogP) is 3.15. The largest absolute Gasteiger partial charge is 0.313 e. The third-order valence-corrected chi connectivity index (χ3v) is 3.40. The molecule has 0 amide bonds. The van der Waals surface area contributed by atoms with Crippen molar-refractivity contribution in [1.29, 1.82) is 0 Å². The Hall–Kier alpha value is -0.880. The first-order valence-electron chi connectivity index (χ1n) is 5.72. The summed E-state index contributed by atoms with van der Waals surface area (Å²) < 4.78 is 3.06. The van der Waals surface area contributed by atoms with E-state index in [2.05, 4.69) is 64.2 Å². The fourth-order valence-electron chi connectivity index (χ4n) is 1.93. The number of hydrogen-bond acceptors (Lipinski definition) is 2. The molecule has 17 heavy (non-hydrogen) atoms. The van der Waals surface area contributed by atoms with Crippen molar-refractivity contribution in [3.05, 3.63) is 45.8 Å². The Labute approximate surface area is 115 Å². The summed E-state index contributed by atoms with van der Waals surface area (Å²) in [5.41, 5.74) is 2.41. The molecule has 1 heterocycles. The molecule has 0 spiro atoms. The Morgan fingerprint density at radius 3 is 2.88 bits per heavy atom. The van der Waals surface area contributed by atoms with Crippen LogP contribution in [0.15, 0.2) is 36.7 Å². The van der Waals surface area contributed by atoms with Crippen LogP contribution in [0, 0.1) is 3.57 Å². The van der Waals surface area contributed by atoms with Gasteiger partial charge in [-0.3, -0.25) is 0 Å². The zero-order valence-corrected chi connectivity index (χ0v) is 12.2. The number of nitrogens with one attached hydrogen (secondary N) is 1. The van der Waals surface area contributed by atoms with Gasteiger partial charge in [-0.05, 0) is 53.8 Å². The monoisotopic (exact) mass is 341 g/mol. The zero-order chi connectivity index (χ0) is 12.3. The molecule has 90 valence electrons. The molecule has 0 fully saturated rings.